The number of rotatable bonds is 16. The van der Waals surface area contributed by atoms with Gasteiger partial charge in [-0.1, -0.05) is 57.6 Å². The fourth-order valence-electron chi connectivity index (χ4n) is 3.70. The van der Waals surface area contributed by atoms with Crippen LogP contribution in [0.2, 0.25) is 0 Å². The van der Waals surface area contributed by atoms with Crippen LogP contribution in [0.1, 0.15) is 83.1 Å². The molecule has 2 aromatic carbocycles. The molecule has 0 saturated carbocycles. The normalized spacial score (nSPS) is 12.2. The molecule has 186 valence electrons. The van der Waals surface area contributed by atoms with E-state index in [1.54, 1.807) is 18.2 Å². The van der Waals surface area contributed by atoms with Crippen molar-refractivity contribution in [3.63, 3.8) is 0 Å². The van der Waals surface area contributed by atoms with Gasteiger partial charge in [0.05, 0.1) is 16.3 Å². The van der Waals surface area contributed by atoms with Crippen molar-refractivity contribution in [3.05, 3.63) is 60.2 Å². The molecule has 0 aromatic heterocycles. The van der Waals surface area contributed by atoms with Gasteiger partial charge in [0, 0.05) is 0 Å². The van der Waals surface area contributed by atoms with Crippen LogP contribution in [-0.2, 0) is 16.5 Å². The van der Waals surface area contributed by atoms with Crippen LogP contribution in [0.25, 0.3) is 0 Å². The molecule has 0 aliphatic rings. The van der Waals surface area contributed by atoms with Gasteiger partial charge >= 0.3 is 0 Å². The summed E-state index contributed by atoms with van der Waals surface area (Å²) in [6, 6.07) is 10.6. The van der Waals surface area contributed by atoms with Crippen LogP contribution < -0.4 is 0 Å². The van der Waals surface area contributed by atoms with Gasteiger partial charge in [-0.3, -0.25) is 4.55 Å². The van der Waals surface area contributed by atoms with Crippen molar-refractivity contribution in [3.8, 4) is 5.75 Å². The molecule has 0 saturated heterocycles. The Kier molecular flexibility index (Phi) is 12.6. The van der Waals surface area contributed by atoms with Crippen LogP contribution in [0.15, 0.2) is 69.7 Å². The number of aryl methyl sites for hydroxylation is 1. The van der Waals surface area contributed by atoms with Crippen molar-refractivity contribution >= 4 is 21.5 Å². The summed E-state index contributed by atoms with van der Waals surface area (Å²) in [6.07, 6.45) is 18.9. The first-order valence-corrected chi connectivity index (χ1v) is 13.8. The van der Waals surface area contributed by atoms with Crippen LogP contribution in [-0.4, -0.2) is 18.1 Å². The summed E-state index contributed by atoms with van der Waals surface area (Å²) >= 11 is 0. The smallest absolute Gasteiger partial charge is 0.294 e. The summed E-state index contributed by atoms with van der Waals surface area (Å²) in [5, 5.41) is 18.3. The summed E-state index contributed by atoms with van der Waals surface area (Å²) in [6.45, 7) is 2.24. The number of allylic oxidation sites excluding steroid dienone is 2. The molecule has 6 nitrogen and oxygen atoms in total. The van der Waals surface area contributed by atoms with E-state index in [0.717, 1.165) is 31.2 Å². The Balaban J connectivity index is 1.74. The van der Waals surface area contributed by atoms with Crippen LogP contribution in [0.5, 0.6) is 5.75 Å². The van der Waals surface area contributed by atoms with E-state index in [4.69, 9.17) is 4.55 Å². The first kappa shape index (κ1) is 27.7. The zero-order chi connectivity index (χ0) is 24.7. The summed E-state index contributed by atoms with van der Waals surface area (Å²) in [5.41, 5.74) is 2.09. The third-order valence-electron chi connectivity index (χ3n) is 5.68. The number of hydrogen-bond donors (Lipinski definition) is 2. The highest BCUT2D eigenvalue weighted by Crippen LogP contribution is 2.28. The number of nitrogens with zero attached hydrogens (tertiary/aromatic N) is 2. The zero-order valence-corrected chi connectivity index (χ0v) is 21.0. The standard InChI is InChI=1S/C27H38N2O4S/c1-2-3-4-5-6-7-8-9-10-11-12-13-14-15-23-22-25(30)18-21-27(23)29-28-24-16-19-26(20-17-24)34(31,32)33/h7-8,16-22,30H,2-6,9-15H2,1H3,(H,31,32,33)/b8-7-,29-28?. The van der Waals surface area contributed by atoms with Gasteiger partial charge in [-0.05, 0) is 86.6 Å². The minimum Gasteiger partial charge on any atom is -0.508 e. The fourth-order valence-corrected chi connectivity index (χ4v) is 4.18. The Morgan fingerprint density at radius 1 is 0.794 bits per heavy atom. The molecule has 2 N–H and O–H groups in total. The highest BCUT2D eigenvalue weighted by molar-refractivity contribution is 7.85. The molecule has 0 bridgehead atoms. The summed E-state index contributed by atoms with van der Waals surface area (Å²) in [5.74, 6) is 0.202. The number of phenolic OH excluding ortho intramolecular Hbond substituents is 1. The lowest BCUT2D eigenvalue weighted by molar-refractivity contribution is 0.474. The fraction of sp³-hybridized carbons (Fsp3) is 0.481. The lowest BCUT2D eigenvalue weighted by Crippen LogP contribution is -1.96. The molecular weight excluding hydrogens is 448 g/mol. The maximum atomic E-state index is 11.1. The third-order valence-corrected chi connectivity index (χ3v) is 6.55. The lowest BCUT2D eigenvalue weighted by atomic mass is 10.0. The van der Waals surface area contributed by atoms with Gasteiger partial charge in [0.15, 0.2) is 0 Å². The van der Waals surface area contributed by atoms with Gasteiger partial charge < -0.3 is 5.11 Å². The van der Waals surface area contributed by atoms with E-state index in [-0.39, 0.29) is 10.6 Å². The Hall–Kier alpha value is -2.51. The van der Waals surface area contributed by atoms with Gasteiger partial charge in [0.1, 0.15) is 5.75 Å². The molecule has 0 heterocycles. The Morgan fingerprint density at radius 2 is 1.41 bits per heavy atom. The van der Waals surface area contributed by atoms with Crippen molar-refractivity contribution in [2.45, 2.75) is 88.9 Å². The maximum absolute atomic E-state index is 11.1. The maximum Gasteiger partial charge on any atom is 0.294 e. The topological polar surface area (TPSA) is 99.3 Å². The van der Waals surface area contributed by atoms with Crippen molar-refractivity contribution in [2.24, 2.45) is 10.2 Å². The molecule has 0 amide bonds. The zero-order valence-electron chi connectivity index (χ0n) is 20.2. The molecule has 0 spiro atoms. The minimum absolute atomic E-state index is 0.185. The van der Waals surface area contributed by atoms with Crippen molar-refractivity contribution in [2.75, 3.05) is 0 Å². The first-order valence-electron chi connectivity index (χ1n) is 12.4. The summed E-state index contributed by atoms with van der Waals surface area (Å²) in [7, 11) is -4.23. The second-order valence-electron chi connectivity index (χ2n) is 8.61. The van der Waals surface area contributed by atoms with Crippen LogP contribution in [0, 0.1) is 0 Å². The van der Waals surface area contributed by atoms with E-state index in [0.29, 0.717) is 11.4 Å². The summed E-state index contributed by atoms with van der Waals surface area (Å²) in [4.78, 5) is -0.185. The van der Waals surface area contributed by atoms with Crippen molar-refractivity contribution < 1.29 is 18.1 Å². The molecule has 0 atom stereocenters. The molecule has 0 unspecified atom stereocenters. The van der Waals surface area contributed by atoms with E-state index in [9.17, 15) is 13.5 Å². The van der Waals surface area contributed by atoms with Gasteiger partial charge in [-0.25, -0.2) is 0 Å². The Bertz CT molecular complexity index is 1020. The van der Waals surface area contributed by atoms with Crippen molar-refractivity contribution in [1.82, 2.24) is 0 Å². The average molecular weight is 487 g/mol. The first-order chi connectivity index (χ1) is 16.4. The van der Waals surface area contributed by atoms with E-state index in [1.165, 1.54) is 75.6 Å². The van der Waals surface area contributed by atoms with E-state index < -0.39 is 10.1 Å². The second kappa shape index (κ2) is 15.4. The van der Waals surface area contributed by atoms with E-state index >= 15 is 0 Å². The second-order valence-corrected chi connectivity index (χ2v) is 10.0. The Labute approximate surface area is 204 Å². The molecule has 0 aliphatic heterocycles. The number of phenols is 1. The minimum atomic E-state index is -4.23. The predicted octanol–water partition coefficient (Wildman–Crippen LogP) is 8.46. The molecule has 7 heteroatoms. The highest BCUT2D eigenvalue weighted by atomic mass is 32.2. The van der Waals surface area contributed by atoms with E-state index in [2.05, 4.69) is 29.3 Å². The van der Waals surface area contributed by atoms with Gasteiger partial charge in [0.2, 0.25) is 0 Å². The largest absolute Gasteiger partial charge is 0.508 e. The Morgan fingerprint density at radius 3 is 2.06 bits per heavy atom. The molecule has 2 aromatic rings. The predicted molar refractivity (Wildman–Crippen MR) is 138 cm³/mol. The van der Waals surface area contributed by atoms with Crippen molar-refractivity contribution in [1.29, 1.82) is 0 Å². The molecule has 2 rings (SSSR count). The molecule has 0 radical (unpaired) electrons. The average Bonchev–Trinajstić information content (AvgIpc) is 2.81. The molecule has 0 aliphatic carbocycles. The number of azo groups is 1. The third kappa shape index (κ3) is 11.1. The lowest BCUT2D eigenvalue weighted by Gasteiger charge is -2.06. The number of benzene rings is 2. The molecular formula is C27H38N2O4S. The monoisotopic (exact) mass is 486 g/mol. The number of aromatic hydroxyl groups is 1. The van der Waals surface area contributed by atoms with Crippen LogP contribution in [0.3, 0.4) is 0 Å². The van der Waals surface area contributed by atoms with E-state index in [1.807, 2.05) is 0 Å². The van der Waals surface area contributed by atoms with Gasteiger partial charge in [-0.15, -0.1) is 0 Å². The number of hydrogen-bond acceptors (Lipinski definition) is 5. The SMILES string of the molecule is CCCCCC/C=C\CCCCCCCc1cc(O)ccc1N=Nc1ccc(S(=O)(=O)O)cc1. The molecule has 34 heavy (non-hydrogen) atoms. The van der Waals surface area contributed by atoms with Crippen LogP contribution in [0.4, 0.5) is 11.4 Å². The quantitative estimate of drug-likeness (QED) is 0.108. The van der Waals surface area contributed by atoms with Crippen LogP contribution >= 0.6 is 0 Å². The highest BCUT2D eigenvalue weighted by Gasteiger charge is 2.08. The van der Waals surface area contributed by atoms with Gasteiger partial charge in [0.25, 0.3) is 10.1 Å². The van der Waals surface area contributed by atoms with Gasteiger partial charge in [-0.2, -0.15) is 18.6 Å². The molecule has 0 fully saturated rings. The summed E-state index contributed by atoms with van der Waals surface area (Å²) < 4.78 is 31.3. The number of unbranched alkanes of at least 4 members (excludes halogenated alkanes) is 9.